The van der Waals surface area contributed by atoms with Crippen LogP contribution in [0.3, 0.4) is 0 Å². The van der Waals surface area contributed by atoms with Crippen molar-refractivity contribution >= 4 is 22.6 Å². The third kappa shape index (κ3) is 4.07. The Bertz CT molecular complexity index is 867. The molecule has 6 heteroatoms. The van der Waals surface area contributed by atoms with Gasteiger partial charge in [-0.05, 0) is 54.8 Å². The summed E-state index contributed by atoms with van der Waals surface area (Å²) in [5.41, 5.74) is 8.94. The van der Waals surface area contributed by atoms with Crippen molar-refractivity contribution < 1.29 is 17.6 Å². The maximum absolute atomic E-state index is 13.4. The molecule has 0 aliphatic carbocycles. The molecule has 2 aromatic carbocycles. The highest BCUT2D eigenvalue weighted by molar-refractivity contribution is 5.84. The number of alkyl halides is 3. The quantitative estimate of drug-likeness (QED) is 0.496. The zero-order valence-corrected chi connectivity index (χ0v) is 14.6. The monoisotopic (exact) mass is 364 g/mol. The van der Waals surface area contributed by atoms with E-state index in [0.717, 1.165) is 29.2 Å². The van der Waals surface area contributed by atoms with Crippen LogP contribution in [0.25, 0.3) is 11.3 Å². The topological polar surface area (TPSA) is 38.0 Å². The number of allylic oxidation sites excluding steroid dienone is 1. The van der Waals surface area contributed by atoms with E-state index in [1.54, 1.807) is 6.07 Å². The third-order valence-electron chi connectivity index (χ3n) is 4.01. The lowest BCUT2D eigenvalue weighted by Crippen LogP contribution is -2.09. The summed E-state index contributed by atoms with van der Waals surface area (Å²) in [6, 6.07) is 6.30. The normalized spacial score (nSPS) is 11.3. The van der Waals surface area contributed by atoms with Gasteiger partial charge in [0, 0.05) is 22.6 Å². The van der Waals surface area contributed by atoms with Gasteiger partial charge in [-0.25, -0.2) is 4.39 Å². The first kappa shape index (κ1) is 19.6. The van der Waals surface area contributed by atoms with Crippen molar-refractivity contribution in [2.75, 3.05) is 11.1 Å². The number of hydrogen-bond acceptors (Lipinski definition) is 2. The lowest BCUT2D eigenvalue weighted by Gasteiger charge is -2.17. The molecule has 26 heavy (non-hydrogen) atoms. The highest BCUT2D eigenvalue weighted by Crippen LogP contribution is 2.34. The molecule has 0 fully saturated rings. The van der Waals surface area contributed by atoms with Crippen LogP contribution >= 0.6 is 0 Å². The minimum atomic E-state index is -4.78. The van der Waals surface area contributed by atoms with Crippen molar-refractivity contribution in [3.63, 3.8) is 0 Å². The van der Waals surface area contributed by atoms with Gasteiger partial charge in [-0.15, -0.1) is 0 Å². The molecule has 0 saturated carbocycles. The Hall–Kier alpha value is -2.76. The second-order valence-corrected chi connectivity index (χ2v) is 6.03. The van der Waals surface area contributed by atoms with Gasteiger partial charge >= 0.3 is 6.18 Å². The van der Waals surface area contributed by atoms with E-state index in [4.69, 9.17) is 5.73 Å². The second-order valence-electron chi connectivity index (χ2n) is 6.03. The molecular formula is C20H20F4N2. The Morgan fingerprint density at radius 2 is 1.77 bits per heavy atom. The molecule has 0 heterocycles. The molecule has 0 aliphatic rings. The van der Waals surface area contributed by atoms with E-state index < -0.39 is 17.6 Å². The molecule has 0 aliphatic heterocycles. The molecule has 0 aromatic heterocycles. The second kappa shape index (κ2) is 7.23. The molecule has 0 bridgehead atoms. The molecule has 2 rings (SSSR count). The molecule has 3 N–H and O–H groups in total. The summed E-state index contributed by atoms with van der Waals surface area (Å²) < 4.78 is 52.0. The van der Waals surface area contributed by atoms with E-state index in [1.807, 2.05) is 19.9 Å². The standard InChI is InChI=1S/C20H20F4N2/c1-5-13-8-16(19(25)10-15(13)11(2)3)12(4)26-14-6-7-18(21)17(9-14)20(22,23)24/h6-10,26H,2,4-5,25H2,1,3H3. The average Bonchev–Trinajstić information content (AvgIpc) is 2.55. The molecule has 2 aromatic rings. The fraction of sp³-hybridized carbons (Fsp3) is 0.200. The summed E-state index contributed by atoms with van der Waals surface area (Å²) in [4.78, 5) is 0. The first-order chi connectivity index (χ1) is 12.0. The van der Waals surface area contributed by atoms with Crippen molar-refractivity contribution in [3.8, 4) is 0 Å². The summed E-state index contributed by atoms with van der Waals surface area (Å²) in [5.74, 6) is -1.33. The minimum Gasteiger partial charge on any atom is -0.398 e. The maximum atomic E-state index is 13.4. The molecular weight excluding hydrogens is 344 g/mol. The predicted molar refractivity (Wildman–Crippen MR) is 99.0 cm³/mol. The molecule has 2 nitrogen and oxygen atoms in total. The molecule has 0 spiro atoms. The highest BCUT2D eigenvalue weighted by Gasteiger charge is 2.34. The van der Waals surface area contributed by atoms with Gasteiger partial charge in [0.25, 0.3) is 0 Å². The van der Waals surface area contributed by atoms with Crippen molar-refractivity contribution in [1.82, 2.24) is 0 Å². The van der Waals surface area contributed by atoms with Gasteiger partial charge in [0.15, 0.2) is 0 Å². The number of benzene rings is 2. The first-order valence-electron chi connectivity index (χ1n) is 7.96. The van der Waals surface area contributed by atoms with E-state index in [0.29, 0.717) is 23.0 Å². The van der Waals surface area contributed by atoms with Gasteiger partial charge < -0.3 is 11.1 Å². The van der Waals surface area contributed by atoms with E-state index in [1.165, 1.54) is 6.07 Å². The smallest absolute Gasteiger partial charge is 0.398 e. The van der Waals surface area contributed by atoms with Crippen LogP contribution in [0.15, 0.2) is 43.5 Å². The zero-order chi connectivity index (χ0) is 19.6. The van der Waals surface area contributed by atoms with Crippen LogP contribution in [-0.4, -0.2) is 0 Å². The molecule has 0 atom stereocenters. The number of nitrogen functional groups attached to an aromatic ring is 1. The Morgan fingerprint density at radius 1 is 1.12 bits per heavy atom. The van der Waals surface area contributed by atoms with E-state index in [2.05, 4.69) is 18.5 Å². The first-order valence-corrected chi connectivity index (χ1v) is 7.96. The van der Waals surface area contributed by atoms with Crippen molar-refractivity contribution in [2.45, 2.75) is 26.4 Å². The summed E-state index contributed by atoms with van der Waals surface area (Å²) in [6.07, 6.45) is -4.04. The number of aryl methyl sites for hydroxylation is 1. The van der Waals surface area contributed by atoms with Gasteiger partial charge in [0.1, 0.15) is 5.82 Å². The van der Waals surface area contributed by atoms with Crippen molar-refractivity contribution in [3.05, 3.63) is 71.6 Å². The van der Waals surface area contributed by atoms with E-state index in [-0.39, 0.29) is 5.69 Å². The number of halogens is 4. The van der Waals surface area contributed by atoms with Crippen LogP contribution in [0.2, 0.25) is 0 Å². The molecule has 0 amide bonds. The highest BCUT2D eigenvalue weighted by atomic mass is 19.4. The van der Waals surface area contributed by atoms with Crippen LogP contribution in [-0.2, 0) is 12.6 Å². The van der Waals surface area contributed by atoms with Crippen LogP contribution in [0.5, 0.6) is 0 Å². The molecule has 0 radical (unpaired) electrons. The summed E-state index contributed by atoms with van der Waals surface area (Å²) in [6.45, 7) is 11.6. The zero-order valence-electron chi connectivity index (χ0n) is 14.6. The van der Waals surface area contributed by atoms with Gasteiger partial charge in [-0.1, -0.05) is 25.7 Å². The van der Waals surface area contributed by atoms with Crippen LogP contribution < -0.4 is 11.1 Å². The fourth-order valence-electron chi connectivity index (χ4n) is 2.67. The number of nitrogens with one attached hydrogen (secondary N) is 1. The summed E-state index contributed by atoms with van der Waals surface area (Å²) in [7, 11) is 0. The van der Waals surface area contributed by atoms with Crippen molar-refractivity contribution in [2.24, 2.45) is 0 Å². The summed E-state index contributed by atoms with van der Waals surface area (Å²) >= 11 is 0. The SMILES string of the molecule is C=C(Nc1ccc(F)c(C(F)(F)F)c1)c1cc(CC)c(C(=C)C)cc1N. The Kier molecular flexibility index (Phi) is 5.44. The number of rotatable bonds is 5. The molecule has 0 saturated heterocycles. The van der Waals surface area contributed by atoms with Crippen molar-refractivity contribution in [1.29, 1.82) is 0 Å². The fourth-order valence-corrected chi connectivity index (χ4v) is 2.67. The van der Waals surface area contributed by atoms with Gasteiger partial charge in [-0.2, -0.15) is 13.2 Å². The maximum Gasteiger partial charge on any atom is 0.419 e. The number of nitrogens with two attached hydrogens (primary N) is 1. The van der Waals surface area contributed by atoms with Crippen LogP contribution in [0.4, 0.5) is 28.9 Å². The molecule has 0 unspecified atom stereocenters. The average molecular weight is 364 g/mol. The summed E-state index contributed by atoms with van der Waals surface area (Å²) in [5, 5.41) is 2.78. The van der Waals surface area contributed by atoms with Crippen LogP contribution in [0.1, 0.15) is 36.1 Å². The Morgan fingerprint density at radius 3 is 2.31 bits per heavy atom. The van der Waals surface area contributed by atoms with Crippen LogP contribution in [0, 0.1) is 5.82 Å². The van der Waals surface area contributed by atoms with Gasteiger partial charge in [0.05, 0.1) is 5.56 Å². The predicted octanol–water partition coefficient (Wildman–Crippen LogP) is 6.11. The Labute approximate surface area is 150 Å². The van der Waals surface area contributed by atoms with Gasteiger partial charge in [0.2, 0.25) is 0 Å². The van der Waals surface area contributed by atoms with E-state index >= 15 is 0 Å². The Balaban J connectivity index is 2.38. The minimum absolute atomic E-state index is 0.0742. The van der Waals surface area contributed by atoms with E-state index in [9.17, 15) is 17.6 Å². The number of anilines is 2. The third-order valence-corrected chi connectivity index (χ3v) is 4.01. The number of hydrogen-bond donors (Lipinski definition) is 2. The van der Waals surface area contributed by atoms with Gasteiger partial charge in [-0.3, -0.25) is 0 Å². The lowest BCUT2D eigenvalue weighted by molar-refractivity contribution is -0.139. The molecule has 138 valence electrons. The largest absolute Gasteiger partial charge is 0.419 e. The lowest BCUT2D eigenvalue weighted by atomic mass is 9.95.